The fourth-order valence-electron chi connectivity index (χ4n) is 4.54. The Bertz CT molecular complexity index is 773. The van der Waals surface area contributed by atoms with Crippen LogP contribution in [0, 0.1) is 0 Å². The van der Waals surface area contributed by atoms with Crippen LogP contribution in [0.25, 0.3) is 0 Å². The highest BCUT2D eigenvalue weighted by atomic mass is 32.2. The van der Waals surface area contributed by atoms with Gasteiger partial charge in [0, 0.05) is 37.1 Å². The third kappa shape index (κ3) is 4.34. The molecule has 6 nitrogen and oxygen atoms in total. The van der Waals surface area contributed by atoms with Gasteiger partial charge >= 0.3 is 6.09 Å². The summed E-state index contributed by atoms with van der Waals surface area (Å²) in [5.74, 6) is 1.75. The summed E-state index contributed by atoms with van der Waals surface area (Å²) >= 11 is 1.77. The summed E-state index contributed by atoms with van der Waals surface area (Å²) < 4.78 is 5.66. The minimum Gasteiger partial charge on any atom is -0.444 e. The number of hydrogen-bond donors (Lipinski definition) is 0. The molecule has 2 atom stereocenters. The van der Waals surface area contributed by atoms with Crippen LogP contribution in [-0.2, 0) is 16.0 Å². The molecule has 3 aliphatic rings. The smallest absolute Gasteiger partial charge is 0.411 e. The number of ether oxygens (including phenoxy) is 1. The summed E-state index contributed by atoms with van der Waals surface area (Å²) in [6.45, 7) is 7.86. The molecule has 2 amide bonds. The van der Waals surface area contributed by atoms with Crippen molar-refractivity contribution < 1.29 is 14.3 Å². The number of amides is 2. The van der Waals surface area contributed by atoms with Gasteiger partial charge in [0.1, 0.15) is 11.6 Å². The first-order valence-electron chi connectivity index (χ1n) is 10.5. The molecule has 0 saturated carbocycles. The molecule has 2 fully saturated rings. The van der Waals surface area contributed by atoms with Gasteiger partial charge in [0.15, 0.2) is 0 Å². The van der Waals surface area contributed by atoms with Gasteiger partial charge < -0.3 is 14.5 Å². The largest absolute Gasteiger partial charge is 0.444 e. The second-order valence-electron chi connectivity index (χ2n) is 9.10. The van der Waals surface area contributed by atoms with E-state index >= 15 is 0 Å². The number of para-hydroxylation sites is 1. The summed E-state index contributed by atoms with van der Waals surface area (Å²) in [4.78, 5) is 32.2. The third-order valence-corrected chi connectivity index (χ3v) is 6.81. The molecule has 2 saturated heterocycles. The lowest BCUT2D eigenvalue weighted by molar-refractivity contribution is -0.134. The van der Waals surface area contributed by atoms with Crippen LogP contribution < -0.4 is 4.90 Å². The Labute approximate surface area is 177 Å². The summed E-state index contributed by atoms with van der Waals surface area (Å²) in [5, 5.41) is 0. The zero-order valence-electron chi connectivity index (χ0n) is 17.6. The molecule has 0 bridgehead atoms. The van der Waals surface area contributed by atoms with Gasteiger partial charge in [-0.2, -0.15) is 0 Å². The van der Waals surface area contributed by atoms with Gasteiger partial charge in [-0.25, -0.2) is 4.79 Å². The molecule has 0 aromatic heterocycles. The van der Waals surface area contributed by atoms with E-state index in [-0.39, 0.29) is 18.0 Å². The van der Waals surface area contributed by atoms with Crippen LogP contribution in [0.2, 0.25) is 0 Å². The standard InChI is InChI=1S/C22H31N3O3S/c1-22(2,3)28-21(27)25-14-17(13-19(25)20(26)23-11-12-29-15-23)24-10-6-8-16-7-4-5-9-18(16)24/h4-5,7,9,17,19H,6,8,10-15H2,1-3H3/t17-,19-/m0/s1. The maximum atomic E-state index is 13.2. The highest BCUT2D eigenvalue weighted by Gasteiger charge is 2.45. The number of rotatable bonds is 2. The van der Waals surface area contributed by atoms with Crippen molar-refractivity contribution in [2.24, 2.45) is 0 Å². The number of anilines is 1. The summed E-state index contributed by atoms with van der Waals surface area (Å²) in [6, 6.07) is 8.20. The van der Waals surface area contributed by atoms with E-state index in [1.54, 1.807) is 16.7 Å². The monoisotopic (exact) mass is 417 g/mol. The Morgan fingerprint density at radius 2 is 1.97 bits per heavy atom. The predicted octanol–water partition coefficient (Wildman–Crippen LogP) is 3.35. The van der Waals surface area contributed by atoms with E-state index in [1.807, 2.05) is 25.7 Å². The lowest BCUT2D eigenvalue weighted by atomic mass is 9.99. The van der Waals surface area contributed by atoms with Crippen molar-refractivity contribution in [3.8, 4) is 0 Å². The van der Waals surface area contributed by atoms with Crippen molar-refractivity contribution in [1.82, 2.24) is 9.80 Å². The third-order valence-electron chi connectivity index (χ3n) is 5.84. The molecule has 0 radical (unpaired) electrons. The number of carbonyl (C=O) groups excluding carboxylic acids is 2. The van der Waals surface area contributed by atoms with Gasteiger partial charge in [0.05, 0.1) is 5.88 Å². The van der Waals surface area contributed by atoms with Gasteiger partial charge in [-0.1, -0.05) is 18.2 Å². The number of aryl methyl sites for hydroxylation is 1. The molecule has 158 valence electrons. The molecule has 29 heavy (non-hydrogen) atoms. The molecule has 0 aliphatic carbocycles. The molecular formula is C22H31N3O3S. The maximum absolute atomic E-state index is 13.2. The first-order chi connectivity index (χ1) is 13.8. The molecule has 0 N–H and O–H groups in total. The van der Waals surface area contributed by atoms with Crippen molar-refractivity contribution in [3.05, 3.63) is 29.8 Å². The van der Waals surface area contributed by atoms with Crippen molar-refractivity contribution in [3.63, 3.8) is 0 Å². The van der Waals surface area contributed by atoms with E-state index in [0.717, 1.165) is 31.7 Å². The number of carbonyl (C=O) groups is 2. The molecule has 4 rings (SSSR count). The van der Waals surface area contributed by atoms with E-state index in [1.165, 1.54) is 11.3 Å². The predicted molar refractivity (Wildman–Crippen MR) is 116 cm³/mol. The Morgan fingerprint density at radius 3 is 2.69 bits per heavy atom. The number of thioether (sulfide) groups is 1. The van der Waals surface area contributed by atoms with E-state index in [4.69, 9.17) is 4.74 Å². The summed E-state index contributed by atoms with van der Waals surface area (Å²) in [6.07, 6.45) is 2.47. The zero-order chi connectivity index (χ0) is 20.6. The van der Waals surface area contributed by atoms with E-state index in [2.05, 4.69) is 29.2 Å². The number of likely N-dealkylation sites (tertiary alicyclic amines) is 1. The van der Waals surface area contributed by atoms with Gasteiger partial charge in [-0.3, -0.25) is 9.69 Å². The molecule has 3 heterocycles. The zero-order valence-corrected chi connectivity index (χ0v) is 18.4. The minimum atomic E-state index is -0.579. The Balaban J connectivity index is 1.58. The van der Waals surface area contributed by atoms with Crippen molar-refractivity contribution in [1.29, 1.82) is 0 Å². The number of benzene rings is 1. The van der Waals surface area contributed by atoms with Crippen LogP contribution in [0.5, 0.6) is 0 Å². The first kappa shape index (κ1) is 20.4. The topological polar surface area (TPSA) is 53.1 Å². The van der Waals surface area contributed by atoms with Crippen molar-refractivity contribution in [2.75, 3.05) is 36.2 Å². The van der Waals surface area contributed by atoms with E-state index in [0.29, 0.717) is 18.8 Å². The quantitative estimate of drug-likeness (QED) is 0.739. The SMILES string of the molecule is CC(C)(C)OC(=O)N1C[C@@H](N2CCCc3ccccc32)C[C@H]1C(=O)N1CCSC1. The average Bonchev–Trinajstić information content (AvgIpc) is 3.36. The van der Waals surface area contributed by atoms with Gasteiger partial charge in [0.25, 0.3) is 0 Å². The van der Waals surface area contributed by atoms with Crippen LogP contribution in [0.1, 0.15) is 39.2 Å². The van der Waals surface area contributed by atoms with Gasteiger partial charge in [-0.15, -0.1) is 11.8 Å². The average molecular weight is 418 g/mol. The van der Waals surface area contributed by atoms with E-state index in [9.17, 15) is 9.59 Å². The first-order valence-corrected chi connectivity index (χ1v) is 11.7. The second-order valence-corrected chi connectivity index (χ2v) is 10.2. The van der Waals surface area contributed by atoms with Crippen molar-refractivity contribution >= 4 is 29.4 Å². The summed E-state index contributed by atoms with van der Waals surface area (Å²) in [7, 11) is 0. The Kier molecular flexibility index (Phi) is 5.69. The van der Waals surface area contributed by atoms with Crippen LogP contribution >= 0.6 is 11.8 Å². The summed E-state index contributed by atoms with van der Waals surface area (Å²) in [5.41, 5.74) is 2.02. The number of hydrogen-bond acceptors (Lipinski definition) is 5. The fraction of sp³-hybridized carbons (Fsp3) is 0.636. The molecule has 3 aliphatic heterocycles. The van der Waals surface area contributed by atoms with Crippen LogP contribution in [-0.4, -0.2) is 70.7 Å². The van der Waals surface area contributed by atoms with E-state index < -0.39 is 11.6 Å². The highest BCUT2D eigenvalue weighted by molar-refractivity contribution is 7.99. The second kappa shape index (κ2) is 8.09. The van der Waals surface area contributed by atoms with Gasteiger partial charge in [0.2, 0.25) is 5.91 Å². The molecular weight excluding hydrogens is 386 g/mol. The van der Waals surface area contributed by atoms with Crippen LogP contribution in [0.4, 0.5) is 10.5 Å². The molecule has 1 aromatic carbocycles. The van der Waals surface area contributed by atoms with Crippen molar-refractivity contribution in [2.45, 2.75) is 57.7 Å². The Morgan fingerprint density at radius 1 is 1.17 bits per heavy atom. The van der Waals surface area contributed by atoms with Crippen LogP contribution in [0.15, 0.2) is 24.3 Å². The Hall–Kier alpha value is -1.89. The highest BCUT2D eigenvalue weighted by Crippen LogP contribution is 2.34. The maximum Gasteiger partial charge on any atom is 0.411 e. The molecule has 0 spiro atoms. The number of fused-ring (bicyclic) bond motifs is 1. The van der Waals surface area contributed by atoms with Gasteiger partial charge in [-0.05, 0) is 51.7 Å². The lowest BCUT2D eigenvalue weighted by Crippen LogP contribution is -2.48. The normalized spacial score (nSPS) is 24.6. The lowest BCUT2D eigenvalue weighted by Gasteiger charge is -2.36. The van der Waals surface area contributed by atoms with Crippen LogP contribution in [0.3, 0.4) is 0 Å². The minimum absolute atomic E-state index is 0.0636. The number of nitrogens with zero attached hydrogens (tertiary/aromatic N) is 3. The fourth-order valence-corrected chi connectivity index (χ4v) is 5.49. The molecule has 1 aromatic rings. The molecule has 7 heteroatoms. The molecule has 0 unspecified atom stereocenters.